The lowest BCUT2D eigenvalue weighted by Crippen LogP contribution is -1.96. The number of hydrogen-bond donors (Lipinski definition) is 1. The summed E-state index contributed by atoms with van der Waals surface area (Å²) in [6, 6.07) is 5.32. The van der Waals surface area contributed by atoms with Gasteiger partial charge in [-0.3, -0.25) is 0 Å². The first kappa shape index (κ1) is 9.13. The van der Waals surface area contributed by atoms with Crippen LogP contribution >= 0.6 is 11.8 Å². The molecule has 0 aliphatic rings. The van der Waals surface area contributed by atoms with E-state index in [0.717, 1.165) is 10.5 Å². The van der Waals surface area contributed by atoms with Crippen molar-refractivity contribution in [2.45, 2.75) is 11.8 Å². The lowest BCUT2D eigenvalue weighted by atomic mass is 10.1. The van der Waals surface area contributed by atoms with Gasteiger partial charge in [0.1, 0.15) is 0 Å². The molecule has 0 bridgehead atoms. The fraction of sp³-hybridized carbons (Fsp3) is 0.222. The van der Waals surface area contributed by atoms with Gasteiger partial charge in [0.2, 0.25) is 0 Å². The molecule has 1 aromatic rings. The smallest absolute Gasteiger partial charge is 0.335 e. The van der Waals surface area contributed by atoms with Gasteiger partial charge in [0, 0.05) is 4.90 Å². The Morgan fingerprint density at radius 1 is 1.42 bits per heavy atom. The van der Waals surface area contributed by atoms with Gasteiger partial charge in [0.15, 0.2) is 0 Å². The second kappa shape index (κ2) is 3.63. The Labute approximate surface area is 75.6 Å². The summed E-state index contributed by atoms with van der Waals surface area (Å²) in [5.74, 6) is -0.867. The zero-order valence-electron chi connectivity index (χ0n) is 7.00. The molecule has 0 fully saturated rings. The molecule has 0 spiro atoms. The van der Waals surface area contributed by atoms with Gasteiger partial charge in [0.25, 0.3) is 0 Å². The molecule has 0 radical (unpaired) electrons. The van der Waals surface area contributed by atoms with E-state index >= 15 is 0 Å². The van der Waals surface area contributed by atoms with Crippen molar-refractivity contribution in [3.8, 4) is 0 Å². The van der Waals surface area contributed by atoms with E-state index in [1.54, 1.807) is 23.9 Å². The summed E-state index contributed by atoms with van der Waals surface area (Å²) in [5, 5.41) is 8.72. The number of benzene rings is 1. The van der Waals surface area contributed by atoms with Crippen molar-refractivity contribution < 1.29 is 9.90 Å². The topological polar surface area (TPSA) is 37.3 Å². The summed E-state index contributed by atoms with van der Waals surface area (Å²) in [5.41, 5.74) is 1.35. The summed E-state index contributed by atoms with van der Waals surface area (Å²) in [6.07, 6.45) is 1.93. The van der Waals surface area contributed by atoms with E-state index in [4.69, 9.17) is 5.11 Å². The Morgan fingerprint density at radius 2 is 2.08 bits per heavy atom. The van der Waals surface area contributed by atoms with Crippen molar-refractivity contribution in [2.24, 2.45) is 0 Å². The van der Waals surface area contributed by atoms with Crippen LogP contribution in [0.5, 0.6) is 0 Å². The Kier molecular flexibility index (Phi) is 2.76. The second-order valence-corrected chi connectivity index (χ2v) is 3.42. The summed E-state index contributed by atoms with van der Waals surface area (Å²) in [7, 11) is 0. The van der Waals surface area contributed by atoms with Crippen LogP contribution in [0.25, 0.3) is 0 Å². The van der Waals surface area contributed by atoms with Crippen LogP contribution in [0, 0.1) is 6.92 Å². The van der Waals surface area contributed by atoms with Crippen LogP contribution in [0.15, 0.2) is 23.1 Å². The molecular formula is C9H10O2S. The van der Waals surface area contributed by atoms with E-state index in [2.05, 4.69) is 0 Å². The van der Waals surface area contributed by atoms with Crippen molar-refractivity contribution in [1.82, 2.24) is 0 Å². The quantitative estimate of drug-likeness (QED) is 0.714. The molecule has 0 aromatic heterocycles. The van der Waals surface area contributed by atoms with Gasteiger partial charge in [-0.25, -0.2) is 4.79 Å². The highest BCUT2D eigenvalue weighted by Gasteiger charge is 2.03. The Hall–Kier alpha value is -0.960. The molecule has 3 heteroatoms. The average molecular weight is 182 g/mol. The maximum atomic E-state index is 10.6. The number of carboxylic acid groups (broad SMARTS) is 1. The molecule has 64 valence electrons. The van der Waals surface area contributed by atoms with Crippen LogP contribution in [0.3, 0.4) is 0 Å². The Balaban J connectivity index is 3.15. The summed E-state index contributed by atoms with van der Waals surface area (Å²) in [6.45, 7) is 1.90. The molecule has 0 amide bonds. The predicted octanol–water partition coefficient (Wildman–Crippen LogP) is 2.42. The van der Waals surface area contributed by atoms with Crippen LogP contribution < -0.4 is 0 Å². The number of hydrogen-bond acceptors (Lipinski definition) is 2. The molecule has 2 nitrogen and oxygen atoms in total. The van der Waals surface area contributed by atoms with Crippen LogP contribution in [-0.4, -0.2) is 17.3 Å². The van der Waals surface area contributed by atoms with Crippen molar-refractivity contribution in [2.75, 3.05) is 6.26 Å². The summed E-state index contributed by atoms with van der Waals surface area (Å²) in [4.78, 5) is 11.6. The second-order valence-electron chi connectivity index (χ2n) is 2.54. The Morgan fingerprint density at radius 3 is 2.58 bits per heavy atom. The number of aromatic carboxylic acids is 1. The average Bonchev–Trinajstić information content (AvgIpc) is 2.03. The minimum Gasteiger partial charge on any atom is -0.478 e. The largest absolute Gasteiger partial charge is 0.478 e. The third-order valence-electron chi connectivity index (χ3n) is 1.53. The molecule has 0 atom stereocenters. The van der Waals surface area contributed by atoms with Gasteiger partial charge in [-0.15, -0.1) is 11.8 Å². The molecule has 0 aliphatic carbocycles. The maximum Gasteiger partial charge on any atom is 0.335 e. The first-order valence-electron chi connectivity index (χ1n) is 3.52. The van der Waals surface area contributed by atoms with Crippen LogP contribution in [-0.2, 0) is 0 Å². The highest BCUT2D eigenvalue weighted by Crippen LogP contribution is 2.18. The molecule has 1 aromatic carbocycles. The van der Waals surface area contributed by atoms with E-state index in [0.29, 0.717) is 5.56 Å². The fourth-order valence-electron chi connectivity index (χ4n) is 0.989. The van der Waals surface area contributed by atoms with Gasteiger partial charge < -0.3 is 5.11 Å². The third kappa shape index (κ3) is 2.01. The molecule has 1 rings (SSSR count). The van der Waals surface area contributed by atoms with Crippen molar-refractivity contribution >= 4 is 17.7 Å². The molecule has 0 aliphatic heterocycles. The number of thioether (sulfide) groups is 1. The first-order valence-corrected chi connectivity index (χ1v) is 4.75. The van der Waals surface area contributed by atoms with Gasteiger partial charge in [-0.2, -0.15) is 0 Å². The predicted molar refractivity (Wildman–Crippen MR) is 49.9 cm³/mol. The van der Waals surface area contributed by atoms with Crippen LogP contribution in [0.2, 0.25) is 0 Å². The van der Waals surface area contributed by atoms with Gasteiger partial charge >= 0.3 is 5.97 Å². The van der Waals surface area contributed by atoms with Crippen LogP contribution in [0.4, 0.5) is 0 Å². The van der Waals surface area contributed by atoms with E-state index in [-0.39, 0.29) is 0 Å². The molecule has 0 unspecified atom stereocenters. The highest BCUT2D eigenvalue weighted by atomic mass is 32.2. The molecule has 0 saturated heterocycles. The van der Waals surface area contributed by atoms with Gasteiger partial charge in [0.05, 0.1) is 5.56 Å². The molecular weight excluding hydrogens is 172 g/mol. The number of rotatable bonds is 2. The number of carboxylic acids is 1. The van der Waals surface area contributed by atoms with Crippen molar-refractivity contribution in [1.29, 1.82) is 0 Å². The summed E-state index contributed by atoms with van der Waals surface area (Å²) < 4.78 is 0. The van der Waals surface area contributed by atoms with Crippen molar-refractivity contribution in [3.05, 3.63) is 29.3 Å². The lowest BCUT2D eigenvalue weighted by molar-refractivity contribution is 0.0696. The lowest BCUT2D eigenvalue weighted by Gasteiger charge is -2.00. The minimum atomic E-state index is -0.867. The van der Waals surface area contributed by atoms with Gasteiger partial charge in [-0.1, -0.05) is 0 Å². The van der Waals surface area contributed by atoms with E-state index < -0.39 is 5.97 Å². The SMILES string of the molecule is CSc1cc(C)cc(C(=O)O)c1. The van der Waals surface area contributed by atoms with E-state index in [9.17, 15) is 4.79 Å². The molecule has 12 heavy (non-hydrogen) atoms. The fourth-order valence-corrected chi connectivity index (χ4v) is 1.54. The highest BCUT2D eigenvalue weighted by molar-refractivity contribution is 7.98. The maximum absolute atomic E-state index is 10.6. The van der Waals surface area contributed by atoms with Crippen molar-refractivity contribution in [3.63, 3.8) is 0 Å². The minimum absolute atomic E-state index is 0.361. The monoisotopic (exact) mass is 182 g/mol. The zero-order chi connectivity index (χ0) is 9.14. The Bertz CT molecular complexity index is 307. The molecule has 1 N–H and O–H groups in total. The standard InChI is InChI=1S/C9H10O2S/c1-6-3-7(9(10)11)5-8(4-6)12-2/h3-5H,1-2H3,(H,10,11). The molecule has 0 saturated carbocycles. The zero-order valence-corrected chi connectivity index (χ0v) is 7.81. The summed E-state index contributed by atoms with van der Waals surface area (Å²) >= 11 is 1.55. The van der Waals surface area contributed by atoms with Gasteiger partial charge in [-0.05, 0) is 36.9 Å². The third-order valence-corrected chi connectivity index (χ3v) is 2.24. The number of carbonyl (C=O) groups is 1. The normalized spacial score (nSPS) is 9.83. The number of aryl methyl sites for hydroxylation is 1. The van der Waals surface area contributed by atoms with E-state index in [1.807, 2.05) is 19.2 Å². The first-order chi connectivity index (χ1) is 5.63. The van der Waals surface area contributed by atoms with E-state index in [1.165, 1.54) is 0 Å². The molecule has 0 heterocycles. The van der Waals surface area contributed by atoms with Crippen LogP contribution in [0.1, 0.15) is 15.9 Å².